The molecule has 0 radical (unpaired) electrons. The van der Waals surface area contributed by atoms with E-state index in [2.05, 4.69) is 5.32 Å². The normalized spacial score (nSPS) is 12.3. The van der Waals surface area contributed by atoms with E-state index in [1.807, 2.05) is 58.0 Å². The molecule has 0 bridgehead atoms. The van der Waals surface area contributed by atoms with Crippen LogP contribution in [0.2, 0.25) is 10.0 Å². The fourth-order valence-corrected chi connectivity index (χ4v) is 6.55. The fraction of sp³-hybridized carbons (Fsp3) is 0.257. The molecule has 1 atom stereocenters. The smallest absolute Gasteiger partial charge is 0.264 e. The number of halogens is 3. The van der Waals surface area contributed by atoms with Gasteiger partial charge in [-0.3, -0.25) is 13.9 Å². The number of hydrogen-bond acceptors (Lipinski definition) is 4. The molecule has 11 heteroatoms. The van der Waals surface area contributed by atoms with Crippen LogP contribution in [-0.2, 0) is 32.6 Å². The first-order valence-corrected chi connectivity index (χ1v) is 16.8. The van der Waals surface area contributed by atoms with Crippen LogP contribution < -0.4 is 9.62 Å². The summed E-state index contributed by atoms with van der Waals surface area (Å²) in [5, 5.41) is 3.56. The van der Waals surface area contributed by atoms with Crippen LogP contribution in [0.1, 0.15) is 37.5 Å². The third-order valence-electron chi connectivity index (χ3n) is 7.11. The highest BCUT2D eigenvalue weighted by Gasteiger charge is 2.35. The van der Waals surface area contributed by atoms with E-state index >= 15 is 0 Å². The Morgan fingerprint density at radius 3 is 2.07 bits per heavy atom. The quantitative estimate of drug-likeness (QED) is 0.181. The van der Waals surface area contributed by atoms with E-state index in [0.29, 0.717) is 10.6 Å². The van der Waals surface area contributed by atoms with Crippen molar-refractivity contribution in [3.63, 3.8) is 0 Å². The molecule has 46 heavy (non-hydrogen) atoms. The van der Waals surface area contributed by atoms with Crippen LogP contribution in [0.3, 0.4) is 0 Å². The highest BCUT2D eigenvalue weighted by molar-refractivity contribution is 7.92. The monoisotopic (exact) mass is 683 g/mol. The predicted octanol–water partition coefficient (Wildman–Crippen LogP) is 7.19. The van der Waals surface area contributed by atoms with E-state index in [1.165, 1.54) is 29.2 Å². The molecule has 1 N–H and O–H groups in total. The van der Waals surface area contributed by atoms with Gasteiger partial charge in [-0.05, 0) is 87.4 Å². The van der Waals surface area contributed by atoms with E-state index in [9.17, 15) is 22.4 Å². The van der Waals surface area contributed by atoms with Crippen molar-refractivity contribution >= 4 is 50.7 Å². The number of aryl methyl sites for hydroxylation is 1. The third-order valence-corrected chi connectivity index (χ3v) is 9.64. The Morgan fingerprint density at radius 1 is 0.848 bits per heavy atom. The Morgan fingerprint density at radius 2 is 1.48 bits per heavy atom. The summed E-state index contributed by atoms with van der Waals surface area (Å²) >= 11 is 12.5. The maximum Gasteiger partial charge on any atom is 0.264 e. The van der Waals surface area contributed by atoms with Crippen LogP contribution in [0.15, 0.2) is 102 Å². The SMILES string of the molecule is Cc1ccc(S(=O)(=O)N(CC(=O)N(Cc2ccc(Cl)c(Cl)c2)C(Cc2ccccc2)C(=O)NC(C)(C)C)c2ccc(F)cc2)cc1. The zero-order chi connectivity index (χ0) is 33.6. The van der Waals surface area contributed by atoms with Crippen molar-refractivity contribution in [2.45, 2.75) is 57.1 Å². The molecule has 7 nitrogen and oxygen atoms in total. The van der Waals surface area contributed by atoms with Gasteiger partial charge in [0.25, 0.3) is 10.0 Å². The molecular formula is C35H36Cl2FN3O4S. The van der Waals surface area contributed by atoms with Gasteiger partial charge in [0.05, 0.1) is 20.6 Å². The van der Waals surface area contributed by atoms with Gasteiger partial charge < -0.3 is 10.2 Å². The van der Waals surface area contributed by atoms with E-state index in [0.717, 1.165) is 27.6 Å². The van der Waals surface area contributed by atoms with Gasteiger partial charge in [0, 0.05) is 18.5 Å². The van der Waals surface area contributed by atoms with Crippen molar-refractivity contribution in [3.8, 4) is 0 Å². The molecule has 0 saturated carbocycles. The minimum atomic E-state index is -4.31. The highest BCUT2D eigenvalue weighted by atomic mass is 35.5. The molecule has 4 aromatic carbocycles. The lowest BCUT2D eigenvalue weighted by atomic mass is 10.0. The van der Waals surface area contributed by atoms with Crippen molar-refractivity contribution in [2.75, 3.05) is 10.8 Å². The Balaban J connectivity index is 1.83. The fourth-order valence-electron chi connectivity index (χ4n) is 4.82. The Labute approximate surface area is 280 Å². The molecule has 0 saturated heterocycles. The second-order valence-electron chi connectivity index (χ2n) is 12.0. The topological polar surface area (TPSA) is 86.8 Å². The minimum absolute atomic E-state index is 0.0439. The van der Waals surface area contributed by atoms with Crippen LogP contribution in [-0.4, -0.2) is 43.3 Å². The van der Waals surface area contributed by atoms with E-state index < -0.39 is 45.8 Å². The summed E-state index contributed by atoms with van der Waals surface area (Å²) in [6.45, 7) is 6.58. The van der Waals surface area contributed by atoms with Crippen molar-refractivity contribution in [3.05, 3.63) is 130 Å². The molecule has 0 fully saturated rings. The third kappa shape index (κ3) is 9.09. The number of amides is 2. The first kappa shape index (κ1) is 34.9. The molecule has 1 unspecified atom stereocenters. The molecule has 2 amide bonds. The molecule has 0 aliphatic heterocycles. The predicted molar refractivity (Wildman–Crippen MR) is 181 cm³/mol. The Bertz CT molecular complexity index is 1780. The van der Waals surface area contributed by atoms with Crippen LogP contribution in [0, 0.1) is 12.7 Å². The summed E-state index contributed by atoms with van der Waals surface area (Å²) < 4.78 is 43.0. The first-order chi connectivity index (χ1) is 21.6. The number of rotatable bonds is 11. The zero-order valence-electron chi connectivity index (χ0n) is 26.0. The van der Waals surface area contributed by atoms with Gasteiger partial charge in [0.2, 0.25) is 11.8 Å². The van der Waals surface area contributed by atoms with Gasteiger partial charge in [-0.25, -0.2) is 12.8 Å². The number of hydrogen-bond donors (Lipinski definition) is 1. The van der Waals surface area contributed by atoms with Gasteiger partial charge in [0.15, 0.2) is 0 Å². The van der Waals surface area contributed by atoms with Crippen molar-refractivity contribution < 1.29 is 22.4 Å². The number of sulfonamides is 1. The molecule has 0 aromatic heterocycles. The number of anilines is 1. The average Bonchev–Trinajstić information content (AvgIpc) is 2.99. The second kappa shape index (κ2) is 14.7. The van der Waals surface area contributed by atoms with E-state index in [-0.39, 0.29) is 28.6 Å². The molecule has 4 aromatic rings. The standard InChI is InChI=1S/C35H36Cl2FN3O4S/c1-24-10-17-29(18-11-24)46(44,45)41(28-15-13-27(38)14-16-28)23-33(42)40(22-26-12-19-30(36)31(37)20-26)32(34(43)39-35(2,3)4)21-25-8-6-5-7-9-25/h5-20,32H,21-23H2,1-4H3,(H,39,43). The average molecular weight is 685 g/mol. The molecule has 4 rings (SSSR count). The summed E-state index contributed by atoms with van der Waals surface area (Å²) in [7, 11) is -4.31. The minimum Gasteiger partial charge on any atom is -0.350 e. The molecule has 0 spiro atoms. The van der Waals surface area contributed by atoms with Crippen LogP contribution in [0.4, 0.5) is 10.1 Å². The maximum atomic E-state index is 14.5. The molecule has 0 aliphatic carbocycles. The van der Waals surface area contributed by atoms with Gasteiger partial charge >= 0.3 is 0 Å². The number of benzene rings is 4. The number of carbonyl (C=O) groups excluding carboxylic acids is 2. The van der Waals surface area contributed by atoms with E-state index in [4.69, 9.17) is 23.2 Å². The summed E-state index contributed by atoms with van der Waals surface area (Å²) in [4.78, 5) is 29.7. The second-order valence-corrected chi connectivity index (χ2v) is 14.7. The lowest BCUT2D eigenvalue weighted by Crippen LogP contribution is -2.56. The lowest BCUT2D eigenvalue weighted by molar-refractivity contribution is -0.140. The van der Waals surface area contributed by atoms with Crippen LogP contribution >= 0.6 is 23.2 Å². The van der Waals surface area contributed by atoms with Crippen LogP contribution in [0.25, 0.3) is 0 Å². The van der Waals surface area contributed by atoms with Gasteiger partial charge in [-0.2, -0.15) is 0 Å². The van der Waals surface area contributed by atoms with Crippen molar-refractivity contribution in [1.29, 1.82) is 0 Å². The molecule has 0 aliphatic rings. The molecule has 0 heterocycles. The van der Waals surface area contributed by atoms with Gasteiger partial charge in [-0.15, -0.1) is 0 Å². The highest BCUT2D eigenvalue weighted by Crippen LogP contribution is 2.27. The van der Waals surface area contributed by atoms with Gasteiger partial charge in [-0.1, -0.05) is 77.3 Å². The summed E-state index contributed by atoms with van der Waals surface area (Å²) in [5.41, 5.74) is 1.69. The number of carbonyl (C=O) groups is 2. The van der Waals surface area contributed by atoms with Crippen LogP contribution in [0.5, 0.6) is 0 Å². The number of nitrogens with zero attached hydrogens (tertiary/aromatic N) is 2. The number of nitrogens with one attached hydrogen (secondary N) is 1. The van der Waals surface area contributed by atoms with Crippen molar-refractivity contribution in [2.24, 2.45) is 0 Å². The Hall–Kier alpha value is -3.92. The largest absolute Gasteiger partial charge is 0.350 e. The summed E-state index contributed by atoms with van der Waals surface area (Å²) in [6.07, 6.45) is 0.150. The summed E-state index contributed by atoms with van der Waals surface area (Å²) in [6, 6.07) is 24.1. The first-order valence-electron chi connectivity index (χ1n) is 14.6. The lowest BCUT2D eigenvalue weighted by Gasteiger charge is -2.35. The molecular weight excluding hydrogens is 648 g/mol. The zero-order valence-corrected chi connectivity index (χ0v) is 28.3. The summed E-state index contributed by atoms with van der Waals surface area (Å²) in [5.74, 6) is -1.64. The van der Waals surface area contributed by atoms with Crippen molar-refractivity contribution in [1.82, 2.24) is 10.2 Å². The Kier molecular flexibility index (Phi) is 11.1. The maximum absolute atomic E-state index is 14.5. The molecule has 242 valence electrons. The van der Waals surface area contributed by atoms with E-state index in [1.54, 1.807) is 30.3 Å². The van der Waals surface area contributed by atoms with Gasteiger partial charge in [0.1, 0.15) is 18.4 Å².